The average Bonchev–Trinajstić information content (AvgIpc) is 2.70. The molecule has 0 spiro atoms. The molecule has 26 heavy (non-hydrogen) atoms. The summed E-state index contributed by atoms with van der Waals surface area (Å²) in [6.07, 6.45) is 0. The SMILES string of the molecule is COC(=O)COc1cc(OC)c(-c2cc(CO)nc(CO)c2)c(OC)c1. The molecule has 1 aromatic heterocycles. The van der Waals surface area contributed by atoms with Crippen LogP contribution in [0.4, 0.5) is 0 Å². The summed E-state index contributed by atoms with van der Waals surface area (Å²) in [6.45, 7) is -0.793. The monoisotopic (exact) mass is 363 g/mol. The van der Waals surface area contributed by atoms with E-state index >= 15 is 0 Å². The van der Waals surface area contributed by atoms with Crippen LogP contribution in [0.2, 0.25) is 0 Å². The van der Waals surface area contributed by atoms with E-state index in [1.165, 1.54) is 21.3 Å². The first-order chi connectivity index (χ1) is 12.6. The van der Waals surface area contributed by atoms with Gasteiger partial charge in [-0.2, -0.15) is 0 Å². The number of esters is 1. The molecule has 140 valence electrons. The first-order valence-electron chi connectivity index (χ1n) is 7.73. The van der Waals surface area contributed by atoms with Crippen molar-refractivity contribution in [2.45, 2.75) is 13.2 Å². The minimum absolute atomic E-state index is 0.249. The number of carbonyl (C=O) groups excluding carboxylic acids is 1. The molecule has 0 bridgehead atoms. The Morgan fingerprint density at radius 1 is 0.962 bits per heavy atom. The van der Waals surface area contributed by atoms with Crippen LogP contribution in [-0.2, 0) is 22.7 Å². The maximum Gasteiger partial charge on any atom is 0.343 e. The number of methoxy groups -OCH3 is 3. The van der Waals surface area contributed by atoms with Crippen LogP contribution in [0.3, 0.4) is 0 Å². The fraction of sp³-hybridized carbons (Fsp3) is 0.333. The predicted molar refractivity (Wildman–Crippen MR) is 92.1 cm³/mol. The van der Waals surface area contributed by atoms with Crippen LogP contribution >= 0.6 is 0 Å². The third-order valence-corrected chi connectivity index (χ3v) is 3.61. The van der Waals surface area contributed by atoms with E-state index in [0.29, 0.717) is 39.8 Å². The van der Waals surface area contributed by atoms with Crippen LogP contribution in [0, 0.1) is 0 Å². The van der Waals surface area contributed by atoms with Gasteiger partial charge in [-0.05, 0) is 17.7 Å². The van der Waals surface area contributed by atoms with Gasteiger partial charge in [-0.3, -0.25) is 4.98 Å². The standard InChI is InChI=1S/C18H21NO7/c1-23-15-6-14(26-10-17(22)25-3)7-16(24-2)18(15)11-4-12(8-20)19-13(5-11)9-21/h4-7,20-21H,8-10H2,1-3H3. The number of aliphatic hydroxyl groups is 2. The van der Waals surface area contributed by atoms with Gasteiger partial charge in [0.2, 0.25) is 0 Å². The van der Waals surface area contributed by atoms with Crippen molar-refractivity contribution in [3.8, 4) is 28.4 Å². The zero-order valence-corrected chi connectivity index (χ0v) is 14.8. The molecule has 0 saturated carbocycles. The van der Waals surface area contributed by atoms with E-state index in [2.05, 4.69) is 9.72 Å². The lowest BCUT2D eigenvalue weighted by molar-refractivity contribution is -0.142. The number of hydrogen-bond donors (Lipinski definition) is 2. The van der Waals surface area contributed by atoms with Gasteiger partial charge < -0.3 is 29.2 Å². The van der Waals surface area contributed by atoms with E-state index in [0.717, 1.165) is 0 Å². The highest BCUT2D eigenvalue weighted by Crippen LogP contribution is 2.42. The molecule has 0 aliphatic carbocycles. The van der Waals surface area contributed by atoms with Crippen LogP contribution in [0.1, 0.15) is 11.4 Å². The largest absolute Gasteiger partial charge is 0.496 e. The molecule has 8 heteroatoms. The van der Waals surface area contributed by atoms with Gasteiger partial charge in [-0.15, -0.1) is 0 Å². The van der Waals surface area contributed by atoms with Crippen molar-refractivity contribution in [2.75, 3.05) is 27.9 Å². The molecule has 0 radical (unpaired) electrons. The number of benzene rings is 1. The van der Waals surface area contributed by atoms with Crippen molar-refractivity contribution in [1.29, 1.82) is 0 Å². The summed E-state index contributed by atoms with van der Waals surface area (Å²) >= 11 is 0. The first-order valence-corrected chi connectivity index (χ1v) is 7.73. The van der Waals surface area contributed by atoms with Gasteiger partial charge in [0.05, 0.1) is 51.5 Å². The van der Waals surface area contributed by atoms with E-state index in [9.17, 15) is 15.0 Å². The number of hydrogen-bond acceptors (Lipinski definition) is 8. The summed E-state index contributed by atoms with van der Waals surface area (Å²) in [5.41, 5.74) is 2.07. The average molecular weight is 363 g/mol. The van der Waals surface area contributed by atoms with Crippen molar-refractivity contribution in [2.24, 2.45) is 0 Å². The Morgan fingerprint density at radius 3 is 1.92 bits per heavy atom. The van der Waals surface area contributed by atoms with E-state index in [1.807, 2.05) is 0 Å². The molecule has 0 unspecified atom stereocenters. The maximum atomic E-state index is 11.3. The second kappa shape index (κ2) is 9.02. The third-order valence-electron chi connectivity index (χ3n) is 3.61. The van der Waals surface area contributed by atoms with Gasteiger partial charge in [-0.25, -0.2) is 4.79 Å². The number of aliphatic hydroxyl groups excluding tert-OH is 2. The summed E-state index contributed by atoms with van der Waals surface area (Å²) in [5.74, 6) is 0.722. The van der Waals surface area contributed by atoms with E-state index in [4.69, 9.17) is 14.2 Å². The molecule has 0 aliphatic heterocycles. The number of ether oxygens (including phenoxy) is 4. The minimum atomic E-state index is -0.513. The second-order valence-electron chi connectivity index (χ2n) is 5.22. The number of aromatic nitrogens is 1. The molecule has 0 atom stereocenters. The van der Waals surface area contributed by atoms with Gasteiger partial charge in [-0.1, -0.05) is 0 Å². The Morgan fingerprint density at radius 2 is 1.50 bits per heavy atom. The Labute approximate surface area is 150 Å². The number of rotatable bonds is 8. The van der Waals surface area contributed by atoms with Crippen molar-refractivity contribution in [3.63, 3.8) is 0 Å². The highest BCUT2D eigenvalue weighted by atomic mass is 16.6. The summed E-state index contributed by atoms with van der Waals surface area (Å²) in [5, 5.41) is 18.8. The summed E-state index contributed by atoms with van der Waals surface area (Å²) in [4.78, 5) is 15.4. The Kier molecular flexibility index (Phi) is 6.76. The van der Waals surface area contributed by atoms with Gasteiger partial charge in [0.15, 0.2) is 6.61 Å². The maximum absolute atomic E-state index is 11.3. The van der Waals surface area contributed by atoms with Gasteiger partial charge >= 0.3 is 5.97 Å². The van der Waals surface area contributed by atoms with Crippen molar-refractivity contribution < 1.29 is 34.0 Å². The third kappa shape index (κ3) is 4.41. The van der Waals surface area contributed by atoms with E-state index in [-0.39, 0.29) is 19.8 Å². The smallest absolute Gasteiger partial charge is 0.343 e. The molecular weight excluding hydrogens is 342 g/mol. The summed E-state index contributed by atoms with van der Waals surface area (Å²) in [6, 6.07) is 6.57. The molecule has 2 N–H and O–H groups in total. The Bertz CT molecular complexity index is 729. The lowest BCUT2D eigenvalue weighted by atomic mass is 10.0. The zero-order valence-electron chi connectivity index (χ0n) is 14.8. The molecule has 0 amide bonds. The van der Waals surface area contributed by atoms with Crippen LogP contribution in [0.25, 0.3) is 11.1 Å². The van der Waals surface area contributed by atoms with E-state index in [1.54, 1.807) is 24.3 Å². The van der Waals surface area contributed by atoms with Crippen LogP contribution < -0.4 is 14.2 Å². The van der Waals surface area contributed by atoms with Gasteiger partial charge in [0.1, 0.15) is 17.2 Å². The highest BCUT2D eigenvalue weighted by molar-refractivity contribution is 5.79. The molecule has 0 fully saturated rings. The quantitative estimate of drug-likeness (QED) is 0.676. The predicted octanol–water partition coefficient (Wildman–Crippen LogP) is 1.30. The second-order valence-corrected chi connectivity index (χ2v) is 5.22. The van der Waals surface area contributed by atoms with Crippen molar-refractivity contribution in [1.82, 2.24) is 4.98 Å². The van der Waals surface area contributed by atoms with E-state index < -0.39 is 5.97 Å². The number of carbonyl (C=O) groups is 1. The highest BCUT2D eigenvalue weighted by Gasteiger charge is 2.18. The van der Waals surface area contributed by atoms with Crippen LogP contribution in [-0.4, -0.2) is 49.1 Å². The van der Waals surface area contributed by atoms with Gasteiger partial charge in [0, 0.05) is 12.1 Å². The Hall–Kier alpha value is -2.84. The summed E-state index contributed by atoms with van der Waals surface area (Å²) in [7, 11) is 4.25. The first kappa shape index (κ1) is 19.5. The zero-order chi connectivity index (χ0) is 19.1. The van der Waals surface area contributed by atoms with Crippen LogP contribution in [0.15, 0.2) is 24.3 Å². The minimum Gasteiger partial charge on any atom is -0.496 e. The summed E-state index contributed by atoms with van der Waals surface area (Å²) < 4.78 is 20.8. The molecule has 8 nitrogen and oxygen atoms in total. The number of nitrogens with zero attached hydrogens (tertiary/aromatic N) is 1. The lowest BCUT2D eigenvalue weighted by Crippen LogP contribution is -2.12. The fourth-order valence-electron chi connectivity index (χ4n) is 2.41. The normalized spacial score (nSPS) is 10.3. The number of pyridine rings is 1. The van der Waals surface area contributed by atoms with Gasteiger partial charge in [0.25, 0.3) is 0 Å². The Balaban J connectivity index is 2.52. The topological polar surface area (TPSA) is 107 Å². The van der Waals surface area contributed by atoms with Crippen LogP contribution in [0.5, 0.6) is 17.2 Å². The molecule has 2 aromatic rings. The molecule has 0 aliphatic rings. The molecule has 1 heterocycles. The molecule has 1 aromatic carbocycles. The van der Waals surface area contributed by atoms with Crippen molar-refractivity contribution in [3.05, 3.63) is 35.7 Å². The molecule has 2 rings (SSSR count). The van der Waals surface area contributed by atoms with Crippen molar-refractivity contribution >= 4 is 5.97 Å². The molecule has 0 saturated heterocycles. The fourth-order valence-corrected chi connectivity index (χ4v) is 2.41. The lowest BCUT2D eigenvalue weighted by Gasteiger charge is -2.17. The molecular formula is C18H21NO7.